The predicted octanol–water partition coefficient (Wildman–Crippen LogP) is 3.03. The van der Waals surface area contributed by atoms with E-state index in [0.717, 1.165) is 19.0 Å². The Balaban J connectivity index is 1.97. The van der Waals surface area contributed by atoms with E-state index in [1.54, 1.807) is 0 Å². The monoisotopic (exact) mass is 246 g/mol. The molecule has 100 valence electrons. The second kappa shape index (κ2) is 5.85. The van der Waals surface area contributed by atoms with Crippen LogP contribution in [0.25, 0.3) is 0 Å². The van der Waals surface area contributed by atoms with Crippen molar-refractivity contribution >= 4 is 0 Å². The van der Waals surface area contributed by atoms with Gasteiger partial charge in [-0.25, -0.2) is 0 Å². The zero-order valence-corrected chi connectivity index (χ0v) is 11.7. The van der Waals surface area contributed by atoms with Gasteiger partial charge in [-0.05, 0) is 31.9 Å². The summed E-state index contributed by atoms with van der Waals surface area (Å²) in [6.45, 7) is 4.04. The van der Waals surface area contributed by atoms with E-state index >= 15 is 0 Å². The average molecular weight is 246 g/mol. The molecule has 0 saturated heterocycles. The smallest absolute Gasteiger partial charge is 0.0306 e. The zero-order chi connectivity index (χ0) is 13.0. The number of benzene rings is 1. The molecule has 1 fully saturated rings. The van der Waals surface area contributed by atoms with E-state index in [4.69, 9.17) is 5.73 Å². The van der Waals surface area contributed by atoms with Crippen LogP contribution in [-0.2, 0) is 6.54 Å². The maximum atomic E-state index is 6.05. The molecule has 0 spiro atoms. The van der Waals surface area contributed by atoms with Crippen LogP contribution in [0.3, 0.4) is 0 Å². The normalized spacial score (nSPS) is 19.6. The molecule has 1 aromatic rings. The summed E-state index contributed by atoms with van der Waals surface area (Å²) in [4.78, 5) is 2.43. The fourth-order valence-electron chi connectivity index (χ4n) is 2.76. The lowest BCUT2D eigenvalue weighted by atomic mass is 9.76. The summed E-state index contributed by atoms with van der Waals surface area (Å²) >= 11 is 0. The van der Waals surface area contributed by atoms with Gasteiger partial charge in [-0.3, -0.25) is 4.90 Å². The van der Waals surface area contributed by atoms with Crippen LogP contribution < -0.4 is 5.73 Å². The Morgan fingerprint density at radius 2 is 1.94 bits per heavy atom. The van der Waals surface area contributed by atoms with Crippen molar-refractivity contribution in [2.24, 2.45) is 11.7 Å². The highest BCUT2D eigenvalue weighted by molar-refractivity contribution is 5.15. The first-order valence-corrected chi connectivity index (χ1v) is 7.09. The third-order valence-electron chi connectivity index (χ3n) is 4.58. The van der Waals surface area contributed by atoms with Crippen molar-refractivity contribution in [2.45, 2.75) is 44.7 Å². The van der Waals surface area contributed by atoms with Crippen molar-refractivity contribution in [3.8, 4) is 0 Å². The Labute approximate surface area is 111 Å². The van der Waals surface area contributed by atoms with Crippen molar-refractivity contribution in [3.05, 3.63) is 35.9 Å². The minimum absolute atomic E-state index is 0.140. The predicted molar refractivity (Wildman–Crippen MR) is 77.3 cm³/mol. The van der Waals surface area contributed by atoms with Crippen LogP contribution >= 0.6 is 0 Å². The van der Waals surface area contributed by atoms with Gasteiger partial charge in [0.15, 0.2) is 0 Å². The molecule has 2 heteroatoms. The van der Waals surface area contributed by atoms with Crippen LogP contribution in [0.4, 0.5) is 0 Å². The fraction of sp³-hybridized carbons (Fsp3) is 0.625. The van der Waals surface area contributed by atoms with Crippen LogP contribution in [0.2, 0.25) is 0 Å². The highest BCUT2D eigenvalue weighted by Crippen LogP contribution is 2.35. The highest BCUT2D eigenvalue weighted by Gasteiger charge is 2.33. The quantitative estimate of drug-likeness (QED) is 0.836. The number of rotatable bonds is 6. The molecule has 0 amide bonds. The first-order valence-electron chi connectivity index (χ1n) is 7.09. The van der Waals surface area contributed by atoms with Gasteiger partial charge in [0.2, 0.25) is 0 Å². The van der Waals surface area contributed by atoms with Crippen molar-refractivity contribution in [1.82, 2.24) is 4.90 Å². The van der Waals surface area contributed by atoms with E-state index in [2.05, 4.69) is 49.2 Å². The van der Waals surface area contributed by atoms with Gasteiger partial charge in [0.1, 0.15) is 0 Å². The minimum atomic E-state index is 0.140. The number of hydrogen-bond donors (Lipinski definition) is 1. The summed E-state index contributed by atoms with van der Waals surface area (Å²) < 4.78 is 0. The molecule has 1 saturated carbocycles. The van der Waals surface area contributed by atoms with Gasteiger partial charge in [-0.15, -0.1) is 0 Å². The molecule has 2 N–H and O–H groups in total. The van der Waals surface area contributed by atoms with Gasteiger partial charge in [-0.2, -0.15) is 0 Å². The van der Waals surface area contributed by atoms with Gasteiger partial charge in [-0.1, -0.05) is 49.6 Å². The Hall–Kier alpha value is -0.860. The molecule has 1 atom stereocenters. The standard InChI is InChI=1S/C16H26N2/c1-16(13-17,11-14-9-6-10-14)18(2)12-15-7-4-3-5-8-15/h3-5,7-8,14H,6,9-13,17H2,1-2H3. The molecule has 0 heterocycles. The number of nitrogens with zero attached hydrogens (tertiary/aromatic N) is 1. The minimum Gasteiger partial charge on any atom is -0.329 e. The summed E-state index contributed by atoms with van der Waals surface area (Å²) in [6.07, 6.45) is 5.45. The van der Waals surface area contributed by atoms with Crippen LogP contribution in [0.1, 0.15) is 38.2 Å². The molecule has 2 nitrogen and oxygen atoms in total. The van der Waals surface area contributed by atoms with Gasteiger partial charge in [0.05, 0.1) is 0 Å². The Kier molecular flexibility index (Phi) is 4.41. The molecule has 1 aromatic carbocycles. The molecule has 0 bridgehead atoms. The Morgan fingerprint density at radius 3 is 2.44 bits per heavy atom. The zero-order valence-electron chi connectivity index (χ0n) is 11.7. The van der Waals surface area contributed by atoms with Crippen molar-refractivity contribution < 1.29 is 0 Å². The second-order valence-corrected chi connectivity index (χ2v) is 6.04. The Bertz CT molecular complexity index is 359. The lowest BCUT2D eigenvalue weighted by Gasteiger charge is -2.42. The molecular formula is C16H26N2. The summed E-state index contributed by atoms with van der Waals surface area (Å²) in [6, 6.07) is 10.7. The number of nitrogens with two attached hydrogens (primary N) is 1. The molecule has 18 heavy (non-hydrogen) atoms. The largest absolute Gasteiger partial charge is 0.329 e. The molecule has 1 unspecified atom stereocenters. The molecule has 1 aliphatic carbocycles. The fourth-order valence-corrected chi connectivity index (χ4v) is 2.76. The average Bonchev–Trinajstić information content (AvgIpc) is 2.35. The summed E-state index contributed by atoms with van der Waals surface area (Å²) in [5.41, 5.74) is 7.56. The first kappa shape index (κ1) is 13.6. The first-order chi connectivity index (χ1) is 8.64. The lowest BCUT2D eigenvalue weighted by Crippen LogP contribution is -2.51. The van der Waals surface area contributed by atoms with Gasteiger partial charge < -0.3 is 5.73 Å². The molecular weight excluding hydrogens is 220 g/mol. The maximum absolute atomic E-state index is 6.05. The van der Waals surface area contributed by atoms with E-state index in [1.807, 2.05) is 0 Å². The topological polar surface area (TPSA) is 29.3 Å². The van der Waals surface area contributed by atoms with Gasteiger partial charge in [0, 0.05) is 18.6 Å². The maximum Gasteiger partial charge on any atom is 0.0306 e. The second-order valence-electron chi connectivity index (χ2n) is 6.04. The number of hydrogen-bond acceptors (Lipinski definition) is 2. The SMILES string of the molecule is CN(Cc1ccccc1)C(C)(CN)CC1CCC1. The summed E-state index contributed by atoms with van der Waals surface area (Å²) in [5.74, 6) is 0.900. The van der Waals surface area contributed by atoms with Crippen LogP contribution in [0.15, 0.2) is 30.3 Å². The molecule has 0 radical (unpaired) electrons. The molecule has 2 rings (SSSR count). The Morgan fingerprint density at radius 1 is 1.28 bits per heavy atom. The molecule has 1 aliphatic rings. The highest BCUT2D eigenvalue weighted by atomic mass is 15.2. The van der Waals surface area contributed by atoms with E-state index in [0.29, 0.717) is 0 Å². The van der Waals surface area contributed by atoms with Crippen LogP contribution in [-0.4, -0.2) is 24.0 Å². The molecule has 0 aliphatic heterocycles. The molecule has 0 aromatic heterocycles. The van der Waals surface area contributed by atoms with Gasteiger partial charge in [0.25, 0.3) is 0 Å². The van der Waals surface area contributed by atoms with Gasteiger partial charge >= 0.3 is 0 Å². The summed E-state index contributed by atoms with van der Waals surface area (Å²) in [7, 11) is 2.21. The van der Waals surface area contributed by atoms with E-state index < -0.39 is 0 Å². The number of likely N-dealkylation sites (N-methyl/N-ethyl adjacent to an activating group) is 1. The van der Waals surface area contributed by atoms with Crippen molar-refractivity contribution in [3.63, 3.8) is 0 Å². The lowest BCUT2D eigenvalue weighted by molar-refractivity contribution is 0.0857. The van der Waals surface area contributed by atoms with Crippen molar-refractivity contribution in [2.75, 3.05) is 13.6 Å². The summed E-state index contributed by atoms with van der Waals surface area (Å²) in [5, 5.41) is 0. The third kappa shape index (κ3) is 3.12. The van der Waals surface area contributed by atoms with E-state index in [1.165, 1.54) is 31.2 Å². The van der Waals surface area contributed by atoms with Crippen molar-refractivity contribution in [1.29, 1.82) is 0 Å². The van der Waals surface area contributed by atoms with Crippen LogP contribution in [0, 0.1) is 5.92 Å². The van der Waals surface area contributed by atoms with Crippen LogP contribution in [0.5, 0.6) is 0 Å². The third-order valence-corrected chi connectivity index (χ3v) is 4.58. The van der Waals surface area contributed by atoms with E-state index in [-0.39, 0.29) is 5.54 Å². The van der Waals surface area contributed by atoms with E-state index in [9.17, 15) is 0 Å².